The van der Waals surface area contributed by atoms with Crippen molar-refractivity contribution in [2.75, 3.05) is 13.2 Å². The molecular formula is C8H12O3. The van der Waals surface area contributed by atoms with Crippen molar-refractivity contribution < 1.29 is 14.3 Å². The fourth-order valence-corrected chi connectivity index (χ4v) is 0.943. The van der Waals surface area contributed by atoms with Gasteiger partial charge in [-0.25, -0.2) is 0 Å². The van der Waals surface area contributed by atoms with Crippen molar-refractivity contribution in [2.24, 2.45) is 0 Å². The van der Waals surface area contributed by atoms with E-state index in [0.717, 1.165) is 0 Å². The third-order valence-electron chi connectivity index (χ3n) is 1.41. The van der Waals surface area contributed by atoms with Gasteiger partial charge in [-0.3, -0.25) is 4.79 Å². The van der Waals surface area contributed by atoms with Gasteiger partial charge in [-0.1, -0.05) is 6.08 Å². The van der Waals surface area contributed by atoms with Crippen LogP contribution in [-0.2, 0) is 14.3 Å². The Morgan fingerprint density at radius 1 is 1.55 bits per heavy atom. The molecule has 0 saturated carbocycles. The molecule has 0 atom stereocenters. The molecule has 1 heterocycles. The van der Waals surface area contributed by atoms with Gasteiger partial charge < -0.3 is 9.47 Å². The molecule has 0 aliphatic carbocycles. The molecule has 0 aromatic heterocycles. The summed E-state index contributed by atoms with van der Waals surface area (Å²) < 4.78 is 10.2. The van der Waals surface area contributed by atoms with Gasteiger partial charge in [0.25, 0.3) is 0 Å². The van der Waals surface area contributed by atoms with Crippen LogP contribution in [0.2, 0.25) is 0 Å². The van der Waals surface area contributed by atoms with Gasteiger partial charge in [-0.05, 0) is 13.0 Å². The second-order valence-corrected chi connectivity index (χ2v) is 2.34. The van der Waals surface area contributed by atoms with E-state index in [1.54, 1.807) is 6.08 Å². The number of ketones is 1. The first-order valence-electron chi connectivity index (χ1n) is 3.71. The number of allylic oxidation sites excluding steroid dienone is 2. The van der Waals surface area contributed by atoms with Crippen molar-refractivity contribution >= 4 is 5.78 Å². The van der Waals surface area contributed by atoms with Gasteiger partial charge in [0.2, 0.25) is 0 Å². The van der Waals surface area contributed by atoms with E-state index in [1.807, 2.05) is 6.92 Å². The van der Waals surface area contributed by atoms with E-state index >= 15 is 0 Å². The SMILES string of the molecule is C/C=C/C(=O)CC1OCCO1. The second-order valence-electron chi connectivity index (χ2n) is 2.34. The van der Waals surface area contributed by atoms with Crippen LogP contribution in [0.4, 0.5) is 0 Å². The first kappa shape index (κ1) is 8.43. The molecule has 0 amide bonds. The Morgan fingerprint density at radius 2 is 2.18 bits per heavy atom. The van der Waals surface area contributed by atoms with Gasteiger partial charge in [0, 0.05) is 0 Å². The Bertz CT molecular complexity index is 157. The molecule has 0 radical (unpaired) electrons. The molecule has 3 nitrogen and oxygen atoms in total. The standard InChI is InChI=1S/C8H12O3/c1-2-3-7(9)6-8-10-4-5-11-8/h2-3,8H,4-6H2,1H3/b3-2+. The summed E-state index contributed by atoms with van der Waals surface area (Å²) in [5.41, 5.74) is 0. The van der Waals surface area contributed by atoms with Gasteiger partial charge in [-0.2, -0.15) is 0 Å². The predicted octanol–water partition coefficient (Wildman–Crippen LogP) is 0.895. The highest BCUT2D eigenvalue weighted by Crippen LogP contribution is 2.08. The second kappa shape index (κ2) is 4.26. The molecule has 1 rings (SSSR count). The molecule has 1 saturated heterocycles. The molecular weight excluding hydrogens is 144 g/mol. The molecule has 0 aromatic rings. The van der Waals surface area contributed by atoms with Crippen LogP contribution in [-0.4, -0.2) is 25.3 Å². The molecule has 0 N–H and O–H groups in total. The van der Waals surface area contributed by atoms with Crippen molar-refractivity contribution in [2.45, 2.75) is 19.6 Å². The minimum atomic E-state index is -0.307. The van der Waals surface area contributed by atoms with E-state index in [1.165, 1.54) is 6.08 Å². The molecule has 1 fully saturated rings. The Kier molecular flexibility index (Phi) is 3.26. The Hall–Kier alpha value is -0.670. The molecule has 1 aliphatic rings. The number of carbonyl (C=O) groups is 1. The van der Waals surface area contributed by atoms with Crippen molar-refractivity contribution in [3.8, 4) is 0 Å². The average Bonchev–Trinajstić information content (AvgIpc) is 2.40. The topological polar surface area (TPSA) is 35.5 Å². The fourth-order valence-electron chi connectivity index (χ4n) is 0.943. The summed E-state index contributed by atoms with van der Waals surface area (Å²) in [6, 6.07) is 0. The average molecular weight is 156 g/mol. The first-order valence-corrected chi connectivity index (χ1v) is 3.71. The van der Waals surface area contributed by atoms with Crippen LogP contribution >= 0.6 is 0 Å². The lowest BCUT2D eigenvalue weighted by Crippen LogP contribution is -2.12. The Morgan fingerprint density at radius 3 is 2.73 bits per heavy atom. The zero-order valence-corrected chi connectivity index (χ0v) is 6.58. The summed E-state index contributed by atoms with van der Waals surface area (Å²) in [4.78, 5) is 11.0. The van der Waals surface area contributed by atoms with E-state index in [-0.39, 0.29) is 12.1 Å². The fraction of sp³-hybridized carbons (Fsp3) is 0.625. The highest BCUT2D eigenvalue weighted by molar-refractivity contribution is 5.89. The van der Waals surface area contributed by atoms with Crippen molar-refractivity contribution in [1.82, 2.24) is 0 Å². The van der Waals surface area contributed by atoms with Crippen molar-refractivity contribution in [3.63, 3.8) is 0 Å². The van der Waals surface area contributed by atoms with Crippen LogP contribution in [0, 0.1) is 0 Å². The maximum Gasteiger partial charge on any atom is 0.165 e. The van der Waals surface area contributed by atoms with E-state index < -0.39 is 0 Å². The summed E-state index contributed by atoms with van der Waals surface area (Å²) >= 11 is 0. The summed E-state index contributed by atoms with van der Waals surface area (Å²) in [5, 5.41) is 0. The quantitative estimate of drug-likeness (QED) is 0.569. The maximum absolute atomic E-state index is 11.0. The number of hydrogen-bond acceptors (Lipinski definition) is 3. The van der Waals surface area contributed by atoms with Gasteiger partial charge in [0.15, 0.2) is 12.1 Å². The number of hydrogen-bond donors (Lipinski definition) is 0. The summed E-state index contributed by atoms with van der Waals surface area (Å²) in [7, 11) is 0. The molecule has 0 aromatic carbocycles. The lowest BCUT2D eigenvalue weighted by Gasteiger charge is -2.04. The maximum atomic E-state index is 11.0. The number of carbonyl (C=O) groups excluding carboxylic acids is 1. The van der Waals surface area contributed by atoms with E-state index in [2.05, 4.69) is 0 Å². The van der Waals surface area contributed by atoms with Gasteiger partial charge in [0.1, 0.15) is 0 Å². The van der Waals surface area contributed by atoms with Crippen molar-refractivity contribution in [3.05, 3.63) is 12.2 Å². The summed E-state index contributed by atoms with van der Waals surface area (Å²) in [6.07, 6.45) is 3.28. The van der Waals surface area contributed by atoms with Gasteiger partial charge >= 0.3 is 0 Å². The summed E-state index contributed by atoms with van der Waals surface area (Å²) in [5.74, 6) is 0.0550. The first-order chi connectivity index (χ1) is 5.33. The third kappa shape index (κ3) is 2.82. The molecule has 3 heteroatoms. The van der Waals surface area contributed by atoms with E-state index in [4.69, 9.17) is 9.47 Å². The number of ether oxygens (including phenoxy) is 2. The number of rotatable bonds is 3. The Balaban J connectivity index is 2.23. The molecule has 11 heavy (non-hydrogen) atoms. The Labute approximate surface area is 66.0 Å². The van der Waals surface area contributed by atoms with Crippen LogP contribution in [0.25, 0.3) is 0 Å². The summed E-state index contributed by atoms with van der Waals surface area (Å²) in [6.45, 7) is 3.02. The zero-order valence-electron chi connectivity index (χ0n) is 6.58. The van der Waals surface area contributed by atoms with Gasteiger partial charge in [0.05, 0.1) is 19.6 Å². The lowest BCUT2D eigenvalue weighted by molar-refractivity contribution is -0.122. The van der Waals surface area contributed by atoms with E-state index in [0.29, 0.717) is 19.6 Å². The van der Waals surface area contributed by atoms with Crippen LogP contribution in [0.5, 0.6) is 0 Å². The van der Waals surface area contributed by atoms with Crippen molar-refractivity contribution in [1.29, 1.82) is 0 Å². The van der Waals surface area contributed by atoms with Crippen LogP contribution in [0.15, 0.2) is 12.2 Å². The largest absolute Gasteiger partial charge is 0.350 e. The highest BCUT2D eigenvalue weighted by atomic mass is 16.7. The van der Waals surface area contributed by atoms with Crippen LogP contribution in [0.3, 0.4) is 0 Å². The molecule has 1 aliphatic heterocycles. The third-order valence-corrected chi connectivity index (χ3v) is 1.41. The van der Waals surface area contributed by atoms with Crippen LogP contribution < -0.4 is 0 Å². The molecule has 0 spiro atoms. The van der Waals surface area contributed by atoms with E-state index in [9.17, 15) is 4.79 Å². The zero-order chi connectivity index (χ0) is 8.10. The minimum Gasteiger partial charge on any atom is -0.350 e. The smallest absolute Gasteiger partial charge is 0.165 e. The predicted molar refractivity (Wildman–Crippen MR) is 40.1 cm³/mol. The molecule has 0 unspecified atom stereocenters. The lowest BCUT2D eigenvalue weighted by atomic mass is 10.2. The molecule has 0 bridgehead atoms. The minimum absolute atomic E-state index is 0.0550. The van der Waals surface area contributed by atoms with Crippen LogP contribution in [0.1, 0.15) is 13.3 Å². The normalized spacial score (nSPS) is 19.7. The molecule has 62 valence electrons. The monoisotopic (exact) mass is 156 g/mol. The van der Waals surface area contributed by atoms with Gasteiger partial charge in [-0.15, -0.1) is 0 Å². The highest BCUT2D eigenvalue weighted by Gasteiger charge is 2.17.